The van der Waals surface area contributed by atoms with Crippen molar-refractivity contribution in [2.75, 3.05) is 19.8 Å². The van der Waals surface area contributed by atoms with Crippen LogP contribution in [0, 0.1) is 0 Å². The Morgan fingerprint density at radius 1 is 0.554 bits per heavy atom. The fourth-order valence-electron chi connectivity index (χ4n) is 6.14. The fraction of sp³-hybridized carbons (Fsp3) is 0.841. The summed E-state index contributed by atoms with van der Waals surface area (Å²) in [5.74, 6) is -2.39. The number of esters is 2. The first-order chi connectivity index (χ1) is 27.1. The van der Waals surface area contributed by atoms with Crippen molar-refractivity contribution in [3.63, 3.8) is 0 Å². The van der Waals surface area contributed by atoms with Gasteiger partial charge in [0.1, 0.15) is 12.6 Å². The summed E-state index contributed by atoms with van der Waals surface area (Å²) in [6.45, 7) is 2.77. The zero-order valence-electron chi connectivity index (χ0n) is 35.5. The highest BCUT2D eigenvalue weighted by Crippen LogP contribution is 2.43. The highest BCUT2D eigenvalue weighted by atomic mass is 31.2. The van der Waals surface area contributed by atoms with E-state index in [1.807, 2.05) is 0 Å². The Bertz CT molecular complexity index is 1050. The number of carboxylic acid groups (broad SMARTS) is 1. The Morgan fingerprint density at radius 3 is 1.45 bits per heavy atom. The summed E-state index contributed by atoms with van der Waals surface area (Å²) in [7, 11) is -4.72. The van der Waals surface area contributed by atoms with Gasteiger partial charge in [-0.25, -0.2) is 4.57 Å². The molecule has 0 saturated heterocycles. The molecule has 56 heavy (non-hydrogen) atoms. The number of unbranched alkanes of at least 4 members (excludes halogenated alkanes) is 24. The molecule has 0 bridgehead atoms. The molecule has 0 heterocycles. The highest BCUT2D eigenvalue weighted by Gasteiger charge is 2.28. The lowest BCUT2D eigenvalue weighted by atomic mass is 10.0. The van der Waals surface area contributed by atoms with Gasteiger partial charge < -0.3 is 25.2 Å². The van der Waals surface area contributed by atoms with E-state index in [1.165, 1.54) is 103 Å². The molecule has 0 aliphatic rings. The van der Waals surface area contributed by atoms with E-state index in [0.717, 1.165) is 64.2 Å². The second kappa shape index (κ2) is 39.8. The smallest absolute Gasteiger partial charge is 0.472 e. The molecule has 12 heteroatoms. The SMILES string of the molecule is CCCC/C=C\C/C=C\CCCCCCCC(=O)OC(COC(=O)CCCCCCCCCCCCCCCCCCCC)COP(=O)(O)OCC(N)C(=O)O. The molecule has 3 unspecified atom stereocenters. The van der Waals surface area contributed by atoms with Crippen molar-refractivity contribution in [2.24, 2.45) is 5.73 Å². The number of allylic oxidation sites excluding steroid dienone is 4. The van der Waals surface area contributed by atoms with Crippen LogP contribution in [0.5, 0.6) is 0 Å². The average molecular weight is 816 g/mol. The monoisotopic (exact) mass is 816 g/mol. The van der Waals surface area contributed by atoms with Crippen LogP contribution >= 0.6 is 7.82 Å². The van der Waals surface area contributed by atoms with Crippen LogP contribution in [0.4, 0.5) is 0 Å². The van der Waals surface area contributed by atoms with Gasteiger partial charge in [-0.05, 0) is 38.5 Å². The van der Waals surface area contributed by atoms with Crippen LogP contribution in [-0.4, -0.2) is 59.9 Å². The van der Waals surface area contributed by atoms with Gasteiger partial charge >= 0.3 is 25.7 Å². The minimum absolute atomic E-state index is 0.148. The van der Waals surface area contributed by atoms with Crippen molar-refractivity contribution in [3.8, 4) is 0 Å². The maximum absolute atomic E-state index is 12.6. The van der Waals surface area contributed by atoms with Crippen molar-refractivity contribution >= 4 is 25.7 Å². The molecule has 3 atom stereocenters. The van der Waals surface area contributed by atoms with E-state index < -0.39 is 51.1 Å². The summed E-state index contributed by atoms with van der Waals surface area (Å²) < 4.78 is 32.7. The molecule has 0 fully saturated rings. The third kappa shape index (κ3) is 38.8. The van der Waals surface area contributed by atoms with Gasteiger partial charge in [0.15, 0.2) is 6.10 Å². The summed E-state index contributed by atoms with van der Waals surface area (Å²) in [5.41, 5.74) is 5.33. The van der Waals surface area contributed by atoms with Crippen molar-refractivity contribution < 1.29 is 47.5 Å². The van der Waals surface area contributed by atoms with E-state index in [9.17, 15) is 23.8 Å². The molecule has 0 aliphatic carbocycles. The third-order valence-corrected chi connectivity index (χ3v) is 10.7. The first-order valence-electron chi connectivity index (χ1n) is 22.4. The first kappa shape index (κ1) is 54.0. The van der Waals surface area contributed by atoms with Crippen molar-refractivity contribution in [3.05, 3.63) is 24.3 Å². The standard InChI is InChI=1S/C44H82NO10P/c1-3-5-7-9-11-13-15-17-19-20-21-22-24-25-27-29-31-33-35-42(46)52-37-40(38-53-56(50,51)54-39-41(45)44(48)49)55-43(47)36-34-32-30-28-26-23-18-16-14-12-10-8-6-4-2/h10,12,16,18,40-41H,3-9,11,13-15,17,19-39,45H2,1-2H3,(H,48,49)(H,50,51)/b12-10-,18-16-. The number of ether oxygens (including phenoxy) is 2. The zero-order valence-corrected chi connectivity index (χ0v) is 36.4. The summed E-state index contributed by atoms with van der Waals surface area (Å²) in [6.07, 6.45) is 41.0. The van der Waals surface area contributed by atoms with Crippen molar-refractivity contribution in [1.29, 1.82) is 0 Å². The molecule has 0 amide bonds. The lowest BCUT2D eigenvalue weighted by Gasteiger charge is -2.20. The molecule has 4 N–H and O–H groups in total. The number of phosphoric ester groups is 1. The minimum atomic E-state index is -4.72. The molecule has 0 aromatic carbocycles. The fourth-order valence-corrected chi connectivity index (χ4v) is 6.92. The van der Waals surface area contributed by atoms with E-state index >= 15 is 0 Å². The molecular formula is C44H82NO10P. The second-order valence-electron chi connectivity index (χ2n) is 15.2. The maximum Gasteiger partial charge on any atom is 0.472 e. The van der Waals surface area contributed by atoms with Gasteiger partial charge in [-0.1, -0.05) is 179 Å². The average Bonchev–Trinajstić information content (AvgIpc) is 3.17. The molecular weight excluding hydrogens is 733 g/mol. The topological polar surface area (TPSA) is 172 Å². The van der Waals surface area contributed by atoms with Crippen LogP contribution < -0.4 is 5.73 Å². The quantitative estimate of drug-likeness (QED) is 0.0232. The minimum Gasteiger partial charge on any atom is -0.480 e. The van der Waals surface area contributed by atoms with Crippen molar-refractivity contribution in [1.82, 2.24) is 0 Å². The first-order valence-corrected chi connectivity index (χ1v) is 23.9. The predicted molar refractivity (Wildman–Crippen MR) is 226 cm³/mol. The van der Waals surface area contributed by atoms with Gasteiger partial charge in [-0.2, -0.15) is 0 Å². The highest BCUT2D eigenvalue weighted by molar-refractivity contribution is 7.47. The van der Waals surface area contributed by atoms with Gasteiger partial charge in [0.2, 0.25) is 0 Å². The summed E-state index contributed by atoms with van der Waals surface area (Å²) >= 11 is 0. The third-order valence-electron chi connectivity index (χ3n) is 9.70. The van der Waals surface area contributed by atoms with E-state index in [4.69, 9.17) is 24.8 Å². The molecule has 0 aliphatic heterocycles. The molecule has 0 spiro atoms. The van der Waals surface area contributed by atoms with Crippen LogP contribution in [-0.2, 0) is 37.5 Å². The Labute approximate surface area is 340 Å². The molecule has 0 rings (SSSR count). The number of carbonyl (C=O) groups is 3. The second-order valence-corrected chi connectivity index (χ2v) is 16.6. The van der Waals surface area contributed by atoms with Crippen LogP contribution in [0.15, 0.2) is 24.3 Å². The lowest BCUT2D eigenvalue weighted by Crippen LogP contribution is -2.34. The number of hydrogen-bond acceptors (Lipinski definition) is 9. The normalized spacial score (nSPS) is 13.9. The summed E-state index contributed by atoms with van der Waals surface area (Å²) in [5, 5.41) is 8.89. The Morgan fingerprint density at radius 2 is 0.964 bits per heavy atom. The van der Waals surface area contributed by atoms with Gasteiger partial charge in [0.25, 0.3) is 0 Å². The van der Waals surface area contributed by atoms with Gasteiger partial charge in [0, 0.05) is 12.8 Å². The molecule has 11 nitrogen and oxygen atoms in total. The molecule has 328 valence electrons. The van der Waals surface area contributed by atoms with Crippen molar-refractivity contribution in [2.45, 2.75) is 219 Å². The van der Waals surface area contributed by atoms with E-state index in [1.54, 1.807) is 0 Å². The van der Waals surface area contributed by atoms with Gasteiger partial charge in [-0.15, -0.1) is 0 Å². The number of carboxylic acids is 1. The van der Waals surface area contributed by atoms with Crippen LogP contribution in [0.3, 0.4) is 0 Å². The Balaban J connectivity index is 4.31. The Hall–Kier alpha value is -2.04. The summed E-state index contributed by atoms with van der Waals surface area (Å²) in [4.78, 5) is 46.0. The number of hydrogen-bond donors (Lipinski definition) is 3. The van der Waals surface area contributed by atoms with Crippen LogP contribution in [0.1, 0.15) is 206 Å². The molecule has 0 saturated carbocycles. The molecule has 0 radical (unpaired) electrons. The number of carbonyl (C=O) groups excluding carboxylic acids is 2. The number of rotatable bonds is 42. The maximum atomic E-state index is 12.6. The Kier molecular flexibility index (Phi) is 38.3. The summed E-state index contributed by atoms with van der Waals surface area (Å²) in [6, 6.07) is -1.52. The van der Waals surface area contributed by atoms with E-state index in [0.29, 0.717) is 12.8 Å². The number of nitrogens with two attached hydrogens (primary N) is 1. The van der Waals surface area contributed by atoms with E-state index in [-0.39, 0.29) is 19.4 Å². The van der Waals surface area contributed by atoms with Crippen LogP contribution in [0.2, 0.25) is 0 Å². The van der Waals surface area contributed by atoms with Crippen LogP contribution in [0.25, 0.3) is 0 Å². The largest absolute Gasteiger partial charge is 0.480 e. The predicted octanol–water partition coefficient (Wildman–Crippen LogP) is 11.8. The van der Waals surface area contributed by atoms with E-state index in [2.05, 4.69) is 42.7 Å². The zero-order chi connectivity index (χ0) is 41.4. The number of phosphoric acid groups is 1. The molecule has 0 aromatic heterocycles. The lowest BCUT2D eigenvalue weighted by molar-refractivity contribution is -0.161. The van der Waals surface area contributed by atoms with Gasteiger partial charge in [-0.3, -0.25) is 23.4 Å². The molecule has 0 aromatic rings. The number of aliphatic carboxylic acids is 1. The van der Waals surface area contributed by atoms with Gasteiger partial charge in [0.05, 0.1) is 13.2 Å².